The minimum absolute atomic E-state index is 0.488. The quantitative estimate of drug-likeness (QED) is 0.798. The zero-order valence-electron chi connectivity index (χ0n) is 11.4. The molecule has 0 aliphatic rings. The molecule has 3 rings (SSSR count). The van der Waals surface area contributed by atoms with Crippen LogP contribution in [-0.4, -0.2) is 22.3 Å². The maximum atomic E-state index is 9.16. The molecular weight excluding hydrogens is 264 g/mol. The number of nitriles is 1. The fourth-order valence-corrected chi connectivity index (χ4v) is 2.18. The van der Waals surface area contributed by atoms with Crippen LogP contribution in [0.4, 0.5) is 0 Å². The summed E-state index contributed by atoms with van der Waals surface area (Å²) >= 11 is 0. The van der Waals surface area contributed by atoms with Gasteiger partial charge in [-0.05, 0) is 29.8 Å². The number of rotatable bonds is 3. The number of ether oxygens (including phenoxy) is 1. The molecule has 102 valence electrons. The van der Waals surface area contributed by atoms with Crippen molar-refractivity contribution >= 4 is 23.1 Å². The highest BCUT2D eigenvalue weighted by atomic mass is 16.5. The van der Waals surface area contributed by atoms with Crippen LogP contribution in [0.25, 0.3) is 23.1 Å². The van der Waals surface area contributed by atoms with Gasteiger partial charge in [-0.15, -0.1) is 0 Å². The van der Waals surface area contributed by atoms with Crippen molar-refractivity contribution in [3.05, 3.63) is 53.5 Å². The Balaban J connectivity index is 2.12. The number of nitrogens with one attached hydrogen (secondary N) is 1. The van der Waals surface area contributed by atoms with Gasteiger partial charge in [-0.2, -0.15) is 10.4 Å². The van der Waals surface area contributed by atoms with E-state index in [1.165, 1.54) is 0 Å². The van der Waals surface area contributed by atoms with Gasteiger partial charge < -0.3 is 4.74 Å². The van der Waals surface area contributed by atoms with Crippen LogP contribution in [0.3, 0.4) is 0 Å². The number of methoxy groups -OCH3 is 1. The van der Waals surface area contributed by atoms with Crippen molar-refractivity contribution in [1.82, 2.24) is 15.2 Å². The first kappa shape index (κ1) is 12.9. The number of aromatic amines is 1. The van der Waals surface area contributed by atoms with Gasteiger partial charge in [0.05, 0.1) is 29.3 Å². The van der Waals surface area contributed by atoms with Gasteiger partial charge in [0.25, 0.3) is 0 Å². The molecular formula is C16H12N4O. The van der Waals surface area contributed by atoms with E-state index in [-0.39, 0.29) is 0 Å². The summed E-state index contributed by atoms with van der Waals surface area (Å²) in [6.07, 6.45) is 7.29. The van der Waals surface area contributed by atoms with E-state index in [0.717, 1.165) is 22.2 Å². The summed E-state index contributed by atoms with van der Waals surface area (Å²) in [4.78, 5) is 4.06. The van der Waals surface area contributed by atoms with E-state index < -0.39 is 0 Å². The molecule has 0 bridgehead atoms. The zero-order valence-corrected chi connectivity index (χ0v) is 11.4. The summed E-state index contributed by atoms with van der Waals surface area (Å²) in [5.74, 6) is 0.537. The van der Waals surface area contributed by atoms with Gasteiger partial charge >= 0.3 is 0 Å². The Kier molecular flexibility index (Phi) is 3.36. The summed E-state index contributed by atoms with van der Waals surface area (Å²) in [6, 6.07) is 9.50. The van der Waals surface area contributed by atoms with Crippen LogP contribution in [0.15, 0.2) is 36.7 Å². The van der Waals surface area contributed by atoms with E-state index in [1.807, 2.05) is 30.4 Å². The molecule has 1 N–H and O–H groups in total. The van der Waals surface area contributed by atoms with Crippen LogP contribution in [0.2, 0.25) is 0 Å². The second-order valence-electron chi connectivity index (χ2n) is 4.41. The van der Waals surface area contributed by atoms with E-state index in [4.69, 9.17) is 10.00 Å². The maximum Gasteiger partial charge on any atom is 0.148 e. The standard InChI is InChI=1S/C16H12N4O/c1-21-16-12(9-17)5-7-14-15(16)13(19-20-14)6-4-11-3-2-8-18-10-11/h2-8,10H,1H3,(H,19,20). The number of hydrogen-bond acceptors (Lipinski definition) is 4. The highest BCUT2D eigenvalue weighted by molar-refractivity contribution is 5.95. The second-order valence-corrected chi connectivity index (χ2v) is 4.41. The first-order valence-corrected chi connectivity index (χ1v) is 6.36. The average molecular weight is 276 g/mol. The molecule has 3 aromatic rings. The lowest BCUT2D eigenvalue weighted by Crippen LogP contribution is -1.89. The molecule has 0 aliphatic carbocycles. The number of hydrogen-bond donors (Lipinski definition) is 1. The van der Waals surface area contributed by atoms with Crippen molar-refractivity contribution in [3.8, 4) is 11.8 Å². The fourth-order valence-electron chi connectivity index (χ4n) is 2.18. The monoisotopic (exact) mass is 276 g/mol. The second kappa shape index (κ2) is 5.47. The van der Waals surface area contributed by atoms with Crippen molar-refractivity contribution in [3.63, 3.8) is 0 Å². The van der Waals surface area contributed by atoms with Gasteiger partial charge in [-0.25, -0.2) is 0 Å². The number of pyridine rings is 1. The molecule has 1 aromatic carbocycles. The molecule has 21 heavy (non-hydrogen) atoms. The first-order chi connectivity index (χ1) is 10.3. The normalized spacial score (nSPS) is 10.9. The van der Waals surface area contributed by atoms with Gasteiger partial charge in [0.2, 0.25) is 0 Å². The predicted octanol–water partition coefficient (Wildman–Crippen LogP) is 3.01. The first-order valence-electron chi connectivity index (χ1n) is 6.36. The summed E-state index contributed by atoms with van der Waals surface area (Å²) in [5.41, 5.74) is 3.02. The van der Waals surface area contributed by atoms with E-state index >= 15 is 0 Å². The SMILES string of the molecule is COc1c(C#N)ccc2[nH]nc(C=Cc3cccnc3)c12. The van der Waals surface area contributed by atoms with Crippen LogP contribution in [0.5, 0.6) is 5.75 Å². The Bertz CT molecular complexity index is 844. The number of benzene rings is 1. The molecule has 0 atom stereocenters. The van der Waals surface area contributed by atoms with Crippen LogP contribution in [-0.2, 0) is 0 Å². The molecule has 0 saturated heterocycles. The Hall–Kier alpha value is -3.13. The Morgan fingerprint density at radius 1 is 1.29 bits per heavy atom. The number of fused-ring (bicyclic) bond motifs is 1. The Morgan fingerprint density at radius 2 is 2.19 bits per heavy atom. The van der Waals surface area contributed by atoms with Crippen LogP contribution >= 0.6 is 0 Å². The molecule has 2 heterocycles. The smallest absolute Gasteiger partial charge is 0.148 e. The van der Waals surface area contributed by atoms with Crippen molar-refractivity contribution in [2.45, 2.75) is 0 Å². The highest BCUT2D eigenvalue weighted by Gasteiger charge is 2.13. The van der Waals surface area contributed by atoms with E-state index in [1.54, 1.807) is 25.6 Å². The molecule has 0 radical (unpaired) electrons. The fraction of sp³-hybridized carbons (Fsp3) is 0.0625. The largest absolute Gasteiger partial charge is 0.495 e. The minimum atomic E-state index is 0.488. The molecule has 5 heteroatoms. The number of aromatic nitrogens is 3. The third kappa shape index (κ3) is 2.35. The molecule has 0 fully saturated rings. The van der Waals surface area contributed by atoms with Gasteiger partial charge in [0.1, 0.15) is 11.8 Å². The lowest BCUT2D eigenvalue weighted by atomic mass is 10.1. The maximum absolute atomic E-state index is 9.16. The zero-order chi connectivity index (χ0) is 14.7. The van der Waals surface area contributed by atoms with Crippen molar-refractivity contribution < 1.29 is 4.74 Å². The minimum Gasteiger partial charge on any atom is -0.495 e. The third-order valence-corrected chi connectivity index (χ3v) is 3.15. The molecule has 0 aliphatic heterocycles. The van der Waals surface area contributed by atoms with Crippen LogP contribution in [0.1, 0.15) is 16.8 Å². The summed E-state index contributed by atoms with van der Waals surface area (Å²) in [5, 5.41) is 17.2. The van der Waals surface area contributed by atoms with E-state index in [9.17, 15) is 0 Å². The van der Waals surface area contributed by atoms with E-state index in [0.29, 0.717) is 11.3 Å². The summed E-state index contributed by atoms with van der Waals surface area (Å²) in [6.45, 7) is 0. The molecule has 5 nitrogen and oxygen atoms in total. The van der Waals surface area contributed by atoms with Crippen LogP contribution in [0, 0.1) is 11.3 Å². The molecule has 2 aromatic heterocycles. The highest BCUT2D eigenvalue weighted by Crippen LogP contribution is 2.31. The van der Waals surface area contributed by atoms with Gasteiger partial charge in [-0.1, -0.05) is 12.1 Å². The molecule has 0 spiro atoms. The lowest BCUT2D eigenvalue weighted by molar-refractivity contribution is 0.418. The molecule has 0 amide bonds. The molecule has 0 saturated carbocycles. The Morgan fingerprint density at radius 3 is 2.90 bits per heavy atom. The lowest BCUT2D eigenvalue weighted by Gasteiger charge is -2.04. The third-order valence-electron chi connectivity index (χ3n) is 3.15. The number of nitrogens with zero attached hydrogens (tertiary/aromatic N) is 3. The Labute approximate surface area is 121 Å². The van der Waals surface area contributed by atoms with Crippen molar-refractivity contribution in [1.29, 1.82) is 5.26 Å². The van der Waals surface area contributed by atoms with Crippen LogP contribution < -0.4 is 4.74 Å². The van der Waals surface area contributed by atoms with Gasteiger partial charge in [0, 0.05) is 12.4 Å². The number of H-pyrrole nitrogens is 1. The topological polar surface area (TPSA) is 74.6 Å². The van der Waals surface area contributed by atoms with Crippen molar-refractivity contribution in [2.24, 2.45) is 0 Å². The summed E-state index contributed by atoms with van der Waals surface area (Å²) < 4.78 is 5.37. The average Bonchev–Trinajstić information content (AvgIpc) is 2.96. The predicted molar refractivity (Wildman–Crippen MR) is 80.5 cm³/mol. The molecule has 0 unspecified atom stereocenters. The van der Waals surface area contributed by atoms with Crippen molar-refractivity contribution in [2.75, 3.05) is 7.11 Å². The van der Waals surface area contributed by atoms with E-state index in [2.05, 4.69) is 21.3 Å². The summed E-state index contributed by atoms with van der Waals surface area (Å²) in [7, 11) is 1.55. The van der Waals surface area contributed by atoms with Gasteiger partial charge in [0.15, 0.2) is 0 Å². The van der Waals surface area contributed by atoms with Gasteiger partial charge in [-0.3, -0.25) is 10.1 Å².